The van der Waals surface area contributed by atoms with Crippen LogP contribution in [0, 0.1) is 6.92 Å². The molecule has 4 aromatic rings. The van der Waals surface area contributed by atoms with Crippen LogP contribution in [-0.4, -0.2) is 17.3 Å². The fourth-order valence-electron chi connectivity index (χ4n) is 3.91. The molecule has 0 saturated carbocycles. The Labute approximate surface area is 191 Å². The molecule has 5 nitrogen and oxygen atoms in total. The van der Waals surface area contributed by atoms with Gasteiger partial charge in [0.1, 0.15) is 0 Å². The molecule has 1 amide bonds. The molecule has 32 heavy (non-hydrogen) atoms. The van der Waals surface area contributed by atoms with E-state index in [2.05, 4.69) is 9.88 Å². The van der Waals surface area contributed by atoms with Crippen molar-refractivity contribution in [3.05, 3.63) is 101 Å². The highest BCUT2D eigenvalue weighted by molar-refractivity contribution is 6.30. The van der Waals surface area contributed by atoms with Crippen LogP contribution in [0.3, 0.4) is 0 Å². The van der Waals surface area contributed by atoms with E-state index < -0.39 is 0 Å². The Hall–Kier alpha value is -3.70. The zero-order chi connectivity index (χ0) is 22.1. The van der Waals surface area contributed by atoms with Crippen molar-refractivity contribution < 1.29 is 14.3 Å². The van der Waals surface area contributed by atoms with Crippen LogP contribution >= 0.6 is 11.6 Å². The standard InChI is InChI=1S/C26H21ClN2O3/c1-17-22(26(30)28-15-18-7-12-24-25(13-18)32-16-31-24)14-23(19-8-10-20(27)11-9-19)29(17)21-5-3-2-4-6-21/h2-14H,15-16H2,1H3,(H,28,30). The Morgan fingerprint density at radius 3 is 2.50 bits per heavy atom. The molecule has 1 N–H and O–H groups in total. The van der Waals surface area contributed by atoms with E-state index in [1.54, 1.807) is 0 Å². The predicted octanol–water partition coefficient (Wildman–Crippen LogP) is 5.76. The van der Waals surface area contributed by atoms with Gasteiger partial charge in [0, 0.05) is 22.9 Å². The smallest absolute Gasteiger partial charge is 0.253 e. The highest BCUT2D eigenvalue weighted by Gasteiger charge is 2.20. The molecule has 1 aliphatic rings. The molecule has 0 aliphatic carbocycles. The van der Waals surface area contributed by atoms with Gasteiger partial charge < -0.3 is 19.4 Å². The number of aromatic nitrogens is 1. The lowest BCUT2D eigenvalue weighted by Crippen LogP contribution is -2.23. The van der Waals surface area contributed by atoms with Gasteiger partial charge in [-0.25, -0.2) is 0 Å². The fourth-order valence-corrected chi connectivity index (χ4v) is 4.03. The van der Waals surface area contributed by atoms with Crippen molar-refractivity contribution in [2.24, 2.45) is 0 Å². The molecule has 0 spiro atoms. The van der Waals surface area contributed by atoms with Gasteiger partial charge in [0.25, 0.3) is 5.91 Å². The van der Waals surface area contributed by atoms with E-state index in [0.29, 0.717) is 22.9 Å². The summed E-state index contributed by atoms with van der Waals surface area (Å²) in [6.07, 6.45) is 0. The Balaban J connectivity index is 1.47. The quantitative estimate of drug-likeness (QED) is 0.425. The van der Waals surface area contributed by atoms with Gasteiger partial charge >= 0.3 is 0 Å². The summed E-state index contributed by atoms with van der Waals surface area (Å²) in [4.78, 5) is 13.2. The number of amides is 1. The number of nitrogens with one attached hydrogen (secondary N) is 1. The van der Waals surface area contributed by atoms with Crippen molar-refractivity contribution >= 4 is 17.5 Å². The van der Waals surface area contributed by atoms with Crippen molar-refractivity contribution in [3.8, 4) is 28.4 Å². The van der Waals surface area contributed by atoms with Crippen molar-refractivity contribution in [1.82, 2.24) is 9.88 Å². The van der Waals surface area contributed by atoms with E-state index in [1.807, 2.05) is 85.8 Å². The van der Waals surface area contributed by atoms with E-state index in [9.17, 15) is 4.79 Å². The first-order chi connectivity index (χ1) is 15.6. The van der Waals surface area contributed by atoms with Gasteiger partial charge in [0.15, 0.2) is 11.5 Å². The number of halogens is 1. The summed E-state index contributed by atoms with van der Waals surface area (Å²) in [7, 11) is 0. The lowest BCUT2D eigenvalue weighted by atomic mass is 10.1. The molecular formula is C26H21ClN2O3. The molecule has 0 bridgehead atoms. The predicted molar refractivity (Wildman–Crippen MR) is 125 cm³/mol. The van der Waals surface area contributed by atoms with Crippen LogP contribution < -0.4 is 14.8 Å². The molecule has 3 aromatic carbocycles. The maximum absolute atomic E-state index is 13.2. The van der Waals surface area contributed by atoms with Crippen LogP contribution in [0.1, 0.15) is 21.6 Å². The Bertz CT molecular complexity index is 1280. The highest BCUT2D eigenvalue weighted by atomic mass is 35.5. The number of nitrogens with zero attached hydrogens (tertiary/aromatic N) is 1. The van der Waals surface area contributed by atoms with Gasteiger partial charge in [-0.3, -0.25) is 4.79 Å². The molecule has 0 fully saturated rings. The third-order valence-corrected chi connectivity index (χ3v) is 5.79. The normalized spacial score (nSPS) is 12.1. The maximum atomic E-state index is 13.2. The summed E-state index contributed by atoms with van der Waals surface area (Å²) in [5.74, 6) is 1.29. The van der Waals surface area contributed by atoms with Crippen molar-refractivity contribution in [3.63, 3.8) is 0 Å². The Kier molecular flexibility index (Phi) is 5.33. The number of fused-ring (bicyclic) bond motifs is 1. The van der Waals surface area contributed by atoms with E-state index in [0.717, 1.165) is 34.0 Å². The summed E-state index contributed by atoms with van der Waals surface area (Å²) in [6.45, 7) is 2.58. The third kappa shape index (κ3) is 3.83. The van der Waals surface area contributed by atoms with Gasteiger partial charge in [-0.15, -0.1) is 0 Å². The number of carbonyl (C=O) groups is 1. The van der Waals surface area contributed by atoms with Crippen LogP contribution in [0.2, 0.25) is 5.02 Å². The minimum absolute atomic E-state index is 0.134. The molecule has 0 unspecified atom stereocenters. The fraction of sp³-hybridized carbons (Fsp3) is 0.115. The molecule has 0 saturated heterocycles. The molecule has 1 aromatic heterocycles. The largest absolute Gasteiger partial charge is 0.454 e. The Morgan fingerprint density at radius 1 is 0.969 bits per heavy atom. The second-order valence-electron chi connectivity index (χ2n) is 7.58. The number of ether oxygens (including phenoxy) is 2. The van der Waals surface area contributed by atoms with Gasteiger partial charge in [-0.2, -0.15) is 0 Å². The van der Waals surface area contributed by atoms with Crippen molar-refractivity contribution in [1.29, 1.82) is 0 Å². The van der Waals surface area contributed by atoms with Crippen LogP contribution in [0.15, 0.2) is 78.9 Å². The summed E-state index contributed by atoms with van der Waals surface area (Å²) in [6, 6.07) is 25.3. The summed E-state index contributed by atoms with van der Waals surface area (Å²) in [5.41, 5.74) is 5.34. The monoisotopic (exact) mass is 444 g/mol. The summed E-state index contributed by atoms with van der Waals surface area (Å²) < 4.78 is 12.9. The first kappa shape index (κ1) is 20.2. The molecular weight excluding hydrogens is 424 g/mol. The van der Waals surface area contributed by atoms with Crippen molar-refractivity contribution in [2.75, 3.05) is 6.79 Å². The second-order valence-corrected chi connectivity index (χ2v) is 8.01. The Morgan fingerprint density at radius 2 is 1.72 bits per heavy atom. The minimum Gasteiger partial charge on any atom is -0.454 e. The average Bonchev–Trinajstić information content (AvgIpc) is 3.42. The zero-order valence-electron chi connectivity index (χ0n) is 17.5. The summed E-state index contributed by atoms with van der Waals surface area (Å²) >= 11 is 6.09. The van der Waals surface area contributed by atoms with Crippen molar-refractivity contribution in [2.45, 2.75) is 13.5 Å². The van der Waals surface area contributed by atoms with Gasteiger partial charge in [-0.1, -0.05) is 48.0 Å². The van der Waals surface area contributed by atoms with E-state index in [1.165, 1.54) is 0 Å². The number of carbonyl (C=O) groups excluding carboxylic acids is 1. The number of para-hydroxylation sites is 1. The molecule has 0 atom stereocenters. The van der Waals surface area contributed by atoms with Gasteiger partial charge in [0.05, 0.1) is 11.3 Å². The molecule has 160 valence electrons. The molecule has 2 heterocycles. The second kappa shape index (κ2) is 8.44. The average molecular weight is 445 g/mol. The van der Waals surface area contributed by atoms with E-state index in [-0.39, 0.29) is 12.7 Å². The van der Waals surface area contributed by atoms with Crippen LogP contribution in [0.4, 0.5) is 0 Å². The first-order valence-corrected chi connectivity index (χ1v) is 10.7. The zero-order valence-corrected chi connectivity index (χ0v) is 18.2. The molecule has 1 aliphatic heterocycles. The van der Waals surface area contributed by atoms with Crippen LogP contribution in [0.5, 0.6) is 11.5 Å². The summed E-state index contributed by atoms with van der Waals surface area (Å²) in [5, 5.41) is 3.70. The lowest BCUT2D eigenvalue weighted by Gasteiger charge is -2.12. The van der Waals surface area contributed by atoms with E-state index >= 15 is 0 Å². The van der Waals surface area contributed by atoms with E-state index in [4.69, 9.17) is 21.1 Å². The van der Waals surface area contributed by atoms with Gasteiger partial charge in [0.2, 0.25) is 6.79 Å². The lowest BCUT2D eigenvalue weighted by molar-refractivity contribution is 0.0950. The molecule has 0 radical (unpaired) electrons. The number of rotatable bonds is 5. The molecule has 6 heteroatoms. The number of hydrogen-bond acceptors (Lipinski definition) is 3. The minimum atomic E-state index is -0.134. The maximum Gasteiger partial charge on any atom is 0.253 e. The molecule has 5 rings (SSSR count). The first-order valence-electron chi connectivity index (χ1n) is 10.3. The number of hydrogen-bond donors (Lipinski definition) is 1. The van der Waals surface area contributed by atoms with Gasteiger partial charge in [-0.05, 0) is 60.5 Å². The number of benzene rings is 3. The SMILES string of the molecule is Cc1c(C(=O)NCc2ccc3c(c2)OCO3)cc(-c2ccc(Cl)cc2)n1-c1ccccc1. The topological polar surface area (TPSA) is 52.5 Å². The highest BCUT2D eigenvalue weighted by Crippen LogP contribution is 2.33. The van der Waals surface area contributed by atoms with Crippen LogP contribution in [-0.2, 0) is 6.54 Å². The van der Waals surface area contributed by atoms with Crippen LogP contribution in [0.25, 0.3) is 16.9 Å². The third-order valence-electron chi connectivity index (χ3n) is 5.54.